The predicted molar refractivity (Wildman–Crippen MR) is 76.3 cm³/mol. The van der Waals surface area contributed by atoms with Crippen molar-refractivity contribution in [3.05, 3.63) is 47.5 Å². The van der Waals surface area contributed by atoms with E-state index in [-0.39, 0.29) is 6.10 Å². The number of rotatable bonds is 8. The van der Waals surface area contributed by atoms with Crippen LogP contribution in [0.4, 0.5) is 0 Å². The highest BCUT2D eigenvalue weighted by Gasteiger charge is 2.04. The van der Waals surface area contributed by atoms with Gasteiger partial charge in [-0.25, -0.2) is 4.79 Å². The summed E-state index contributed by atoms with van der Waals surface area (Å²) in [5, 5.41) is 8.81. The zero-order valence-electron chi connectivity index (χ0n) is 11.6. The first-order valence-electron chi connectivity index (χ1n) is 6.77. The summed E-state index contributed by atoms with van der Waals surface area (Å²) in [4.78, 5) is 10.7. The van der Waals surface area contributed by atoms with E-state index in [4.69, 9.17) is 9.84 Å². The Labute approximate surface area is 114 Å². The average molecular weight is 262 g/mol. The highest BCUT2D eigenvalue weighted by atomic mass is 16.5. The minimum atomic E-state index is -0.901. The third-order valence-corrected chi connectivity index (χ3v) is 2.87. The van der Waals surface area contributed by atoms with Crippen molar-refractivity contribution in [2.24, 2.45) is 0 Å². The number of hydrogen-bond acceptors (Lipinski definition) is 2. The zero-order chi connectivity index (χ0) is 14.1. The predicted octanol–water partition coefficient (Wildman–Crippen LogP) is 4.04. The molecule has 1 aromatic carbocycles. The molecule has 0 saturated heterocycles. The first-order valence-corrected chi connectivity index (χ1v) is 6.77. The number of aromatic carboxylic acids is 1. The molecule has 0 fully saturated rings. The van der Waals surface area contributed by atoms with Crippen LogP contribution in [0.2, 0.25) is 0 Å². The molecule has 1 aromatic rings. The maximum absolute atomic E-state index is 10.7. The van der Waals surface area contributed by atoms with Crippen molar-refractivity contribution in [2.75, 3.05) is 0 Å². The van der Waals surface area contributed by atoms with Crippen LogP contribution in [0.15, 0.2) is 36.4 Å². The van der Waals surface area contributed by atoms with E-state index in [1.165, 1.54) is 0 Å². The zero-order valence-corrected chi connectivity index (χ0v) is 11.6. The van der Waals surface area contributed by atoms with Crippen LogP contribution in [0, 0.1) is 0 Å². The summed E-state index contributed by atoms with van der Waals surface area (Å²) in [6.07, 6.45) is 7.55. The fraction of sp³-hybridized carbons (Fsp3) is 0.438. The van der Waals surface area contributed by atoms with Crippen LogP contribution in [-0.2, 0) is 11.3 Å². The Morgan fingerprint density at radius 1 is 1.32 bits per heavy atom. The lowest BCUT2D eigenvalue weighted by Crippen LogP contribution is -2.08. The van der Waals surface area contributed by atoms with E-state index in [0.29, 0.717) is 12.2 Å². The third kappa shape index (κ3) is 5.71. The highest BCUT2D eigenvalue weighted by molar-refractivity contribution is 5.87. The number of carboxylic acids is 1. The summed E-state index contributed by atoms with van der Waals surface area (Å²) < 4.78 is 5.79. The second kappa shape index (κ2) is 8.48. The molecule has 0 amide bonds. The largest absolute Gasteiger partial charge is 0.478 e. The van der Waals surface area contributed by atoms with Crippen LogP contribution < -0.4 is 0 Å². The molecule has 0 aliphatic rings. The fourth-order valence-corrected chi connectivity index (χ4v) is 1.67. The number of unbranched alkanes of at least 4 members (excludes halogenated alkanes) is 1. The normalized spacial score (nSPS) is 12.7. The monoisotopic (exact) mass is 262 g/mol. The first-order chi connectivity index (χ1) is 9.17. The van der Waals surface area contributed by atoms with Crippen LogP contribution in [0.25, 0.3) is 0 Å². The Morgan fingerprint density at radius 3 is 2.53 bits per heavy atom. The molecule has 0 aliphatic heterocycles. The number of hydrogen-bond donors (Lipinski definition) is 1. The van der Waals surface area contributed by atoms with Gasteiger partial charge in [0.15, 0.2) is 0 Å². The minimum Gasteiger partial charge on any atom is -0.478 e. The summed E-state index contributed by atoms with van der Waals surface area (Å²) in [7, 11) is 0. The van der Waals surface area contributed by atoms with Crippen LogP contribution >= 0.6 is 0 Å². The number of allylic oxidation sites excluding steroid dienone is 1. The first kappa shape index (κ1) is 15.4. The molecule has 1 rings (SSSR count). The van der Waals surface area contributed by atoms with Crippen LogP contribution in [0.5, 0.6) is 0 Å². The molecule has 0 heterocycles. The number of benzene rings is 1. The topological polar surface area (TPSA) is 46.5 Å². The van der Waals surface area contributed by atoms with Gasteiger partial charge in [0.2, 0.25) is 0 Å². The molecule has 0 bridgehead atoms. The molecule has 0 radical (unpaired) electrons. The van der Waals surface area contributed by atoms with Gasteiger partial charge in [-0.1, -0.05) is 44.6 Å². The molecule has 3 heteroatoms. The van der Waals surface area contributed by atoms with Gasteiger partial charge in [-0.3, -0.25) is 0 Å². The molecule has 3 nitrogen and oxygen atoms in total. The van der Waals surface area contributed by atoms with E-state index in [0.717, 1.165) is 24.8 Å². The summed E-state index contributed by atoms with van der Waals surface area (Å²) in [6, 6.07) is 6.81. The molecule has 1 N–H and O–H groups in total. The van der Waals surface area contributed by atoms with Crippen molar-refractivity contribution >= 4 is 5.97 Å². The van der Waals surface area contributed by atoms with Gasteiger partial charge in [-0.15, -0.1) is 0 Å². The Hall–Kier alpha value is -1.61. The Bertz CT molecular complexity index is 407. The van der Waals surface area contributed by atoms with E-state index in [9.17, 15) is 4.79 Å². The van der Waals surface area contributed by atoms with Crippen molar-refractivity contribution in [3.63, 3.8) is 0 Å². The van der Waals surface area contributed by atoms with Gasteiger partial charge >= 0.3 is 5.97 Å². The minimum absolute atomic E-state index is 0.130. The SMILES string of the molecule is CCC/C=C\C(CC)OCc1ccc(C(=O)O)cc1. The van der Waals surface area contributed by atoms with E-state index in [2.05, 4.69) is 26.0 Å². The van der Waals surface area contributed by atoms with Crippen molar-refractivity contribution < 1.29 is 14.6 Å². The summed E-state index contributed by atoms with van der Waals surface area (Å²) in [5.74, 6) is -0.901. The van der Waals surface area contributed by atoms with Gasteiger partial charge in [0.25, 0.3) is 0 Å². The number of carboxylic acid groups (broad SMARTS) is 1. The summed E-state index contributed by atoms with van der Waals surface area (Å²) in [5.41, 5.74) is 1.30. The Balaban J connectivity index is 2.48. The van der Waals surface area contributed by atoms with Gasteiger partial charge in [-0.05, 0) is 30.5 Å². The third-order valence-electron chi connectivity index (χ3n) is 2.87. The molecule has 19 heavy (non-hydrogen) atoms. The number of ether oxygens (including phenoxy) is 1. The van der Waals surface area contributed by atoms with Gasteiger partial charge in [-0.2, -0.15) is 0 Å². The van der Waals surface area contributed by atoms with E-state index < -0.39 is 5.97 Å². The second-order valence-corrected chi connectivity index (χ2v) is 4.48. The highest BCUT2D eigenvalue weighted by Crippen LogP contribution is 2.09. The Morgan fingerprint density at radius 2 is 2.00 bits per heavy atom. The summed E-state index contributed by atoms with van der Waals surface area (Å²) >= 11 is 0. The lowest BCUT2D eigenvalue weighted by molar-refractivity contribution is 0.0684. The van der Waals surface area contributed by atoms with Crippen molar-refractivity contribution in [3.8, 4) is 0 Å². The van der Waals surface area contributed by atoms with Gasteiger partial charge < -0.3 is 9.84 Å². The lowest BCUT2D eigenvalue weighted by Gasteiger charge is -2.12. The van der Waals surface area contributed by atoms with E-state index in [1.54, 1.807) is 24.3 Å². The van der Waals surface area contributed by atoms with Gasteiger partial charge in [0, 0.05) is 0 Å². The molecule has 0 aromatic heterocycles. The standard InChI is InChI=1S/C16H22O3/c1-3-5-6-7-15(4-2)19-12-13-8-10-14(11-9-13)16(17)18/h6-11,15H,3-5,12H2,1-2H3,(H,17,18)/b7-6-. The lowest BCUT2D eigenvalue weighted by atomic mass is 10.1. The Kier molecular flexibility index (Phi) is 6.90. The fourth-order valence-electron chi connectivity index (χ4n) is 1.67. The number of carbonyl (C=O) groups is 1. The van der Waals surface area contributed by atoms with Crippen LogP contribution in [-0.4, -0.2) is 17.2 Å². The smallest absolute Gasteiger partial charge is 0.335 e. The van der Waals surface area contributed by atoms with E-state index >= 15 is 0 Å². The maximum atomic E-state index is 10.7. The van der Waals surface area contributed by atoms with Crippen molar-refractivity contribution in [1.82, 2.24) is 0 Å². The van der Waals surface area contributed by atoms with E-state index in [1.807, 2.05) is 0 Å². The van der Waals surface area contributed by atoms with Gasteiger partial charge in [0.05, 0.1) is 18.3 Å². The van der Waals surface area contributed by atoms with Crippen molar-refractivity contribution in [1.29, 1.82) is 0 Å². The molecule has 104 valence electrons. The average Bonchev–Trinajstić information content (AvgIpc) is 2.43. The molecule has 0 aliphatic carbocycles. The van der Waals surface area contributed by atoms with Crippen molar-refractivity contribution in [2.45, 2.75) is 45.8 Å². The quantitative estimate of drug-likeness (QED) is 0.719. The molecular weight excluding hydrogens is 240 g/mol. The molecule has 0 saturated carbocycles. The summed E-state index contributed by atoms with van der Waals surface area (Å²) in [6.45, 7) is 4.75. The molecule has 1 unspecified atom stereocenters. The van der Waals surface area contributed by atoms with Crippen LogP contribution in [0.1, 0.15) is 49.0 Å². The molecule has 0 spiro atoms. The van der Waals surface area contributed by atoms with Crippen LogP contribution in [0.3, 0.4) is 0 Å². The maximum Gasteiger partial charge on any atom is 0.335 e. The molecular formula is C16H22O3. The van der Waals surface area contributed by atoms with Gasteiger partial charge in [0.1, 0.15) is 0 Å². The second-order valence-electron chi connectivity index (χ2n) is 4.48. The molecule has 1 atom stereocenters.